The van der Waals surface area contributed by atoms with Crippen LogP contribution in [0.3, 0.4) is 0 Å². The number of carbonyl (C=O) groups is 1. The van der Waals surface area contributed by atoms with Crippen molar-refractivity contribution >= 4 is 16.8 Å². The molecule has 1 N–H and O–H groups in total. The SMILES string of the molecule is Cc1ccc2cc(C(=O)N(Cc3ccco3)C3CC3)[nH]c2c1. The highest BCUT2D eigenvalue weighted by Gasteiger charge is 2.34. The average molecular weight is 294 g/mol. The van der Waals surface area contributed by atoms with Gasteiger partial charge in [-0.1, -0.05) is 12.1 Å². The van der Waals surface area contributed by atoms with Gasteiger partial charge in [0.05, 0.1) is 12.8 Å². The van der Waals surface area contributed by atoms with Crippen molar-refractivity contribution in [1.29, 1.82) is 0 Å². The van der Waals surface area contributed by atoms with E-state index in [-0.39, 0.29) is 5.91 Å². The van der Waals surface area contributed by atoms with Crippen molar-refractivity contribution in [2.45, 2.75) is 32.4 Å². The first kappa shape index (κ1) is 13.2. The van der Waals surface area contributed by atoms with E-state index in [4.69, 9.17) is 4.42 Å². The maximum absolute atomic E-state index is 12.9. The minimum Gasteiger partial charge on any atom is -0.467 e. The van der Waals surface area contributed by atoms with E-state index in [0.29, 0.717) is 18.3 Å². The van der Waals surface area contributed by atoms with Gasteiger partial charge in [-0.2, -0.15) is 0 Å². The lowest BCUT2D eigenvalue weighted by atomic mass is 10.2. The Balaban J connectivity index is 1.64. The van der Waals surface area contributed by atoms with E-state index in [9.17, 15) is 4.79 Å². The van der Waals surface area contributed by atoms with Crippen LogP contribution in [0.1, 0.15) is 34.7 Å². The van der Waals surface area contributed by atoms with Gasteiger partial charge in [0.15, 0.2) is 0 Å². The molecule has 0 unspecified atom stereocenters. The fourth-order valence-electron chi connectivity index (χ4n) is 2.83. The summed E-state index contributed by atoms with van der Waals surface area (Å²) in [6, 6.07) is 12.2. The Morgan fingerprint density at radius 1 is 1.32 bits per heavy atom. The highest BCUT2D eigenvalue weighted by molar-refractivity contribution is 5.98. The maximum Gasteiger partial charge on any atom is 0.270 e. The molecule has 0 radical (unpaired) electrons. The predicted octanol–water partition coefficient (Wildman–Crippen LogP) is 3.87. The molecule has 0 saturated heterocycles. The number of nitrogens with one attached hydrogen (secondary N) is 1. The normalized spacial score (nSPS) is 14.4. The van der Waals surface area contributed by atoms with Crippen molar-refractivity contribution in [3.8, 4) is 0 Å². The number of nitrogens with zero attached hydrogens (tertiary/aromatic N) is 1. The van der Waals surface area contributed by atoms with E-state index in [0.717, 1.165) is 29.5 Å². The number of furan rings is 1. The quantitative estimate of drug-likeness (QED) is 0.794. The van der Waals surface area contributed by atoms with Gasteiger partial charge >= 0.3 is 0 Å². The van der Waals surface area contributed by atoms with Crippen molar-refractivity contribution in [3.05, 3.63) is 59.7 Å². The van der Waals surface area contributed by atoms with Crippen molar-refractivity contribution in [1.82, 2.24) is 9.88 Å². The fraction of sp³-hybridized carbons (Fsp3) is 0.278. The zero-order chi connectivity index (χ0) is 15.1. The van der Waals surface area contributed by atoms with Crippen LogP contribution in [0.25, 0.3) is 10.9 Å². The second-order valence-corrected chi connectivity index (χ2v) is 6.02. The van der Waals surface area contributed by atoms with E-state index in [1.165, 1.54) is 5.56 Å². The molecule has 1 aliphatic carbocycles. The Morgan fingerprint density at radius 2 is 2.18 bits per heavy atom. The van der Waals surface area contributed by atoms with Crippen molar-refractivity contribution in [2.75, 3.05) is 0 Å². The Morgan fingerprint density at radius 3 is 2.91 bits per heavy atom. The lowest BCUT2D eigenvalue weighted by molar-refractivity contribution is 0.0712. The van der Waals surface area contributed by atoms with Gasteiger partial charge in [0.2, 0.25) is 0 Å². The summed E-state index contributed by atoms with van der Waals surface area (Å²) in [5, 5.41) is 1.07. The largest absolute Gasteiger partial charge is 0.467 e. The van der Waals surface area contributed by atoms with Crippen molar-refractivity contribution in [3.63, 3.8) is 0 Å². The molecule has 4 nitrogen and oxygen atoms in total. The average Bonchev–Trinajstić information content (AvgIpc) is 3.06. The predicted molar refractivity (Wildman–Crippen MR) is 84.6 cm³/mol. The molecule has 0 aliphatic heterocycles. The molecule has 2 heterocycles. The molecule has 1 aliphatic rings. The van der Waals surface area contributed by atoms with Gasteiger partial charge in [-0.25, -0.2) is 0 Å². The van der Waals surface area contributed by atoms with E-state index in [1.54, 1.807) is 6.26 Å². The summed E-state index contributed by atoms with van der Waals surface area (Å²) in [7, 11) is 0. The molecule has 1 aromatic carbocycles. The van der Waals surface area contributed by atoms with E-state index >= 15 is 0 Å². The molecule has 0 bridgehead atoms. The number of carbonyl (C=O) groups excluding carboxylic acids is 1. The van der Waals surface area contributed by atoms with Crippen LogP contribution in [0.4, 0.5) is 0 Å². The molecule has 0 atom stereocenters. The third kappa shape index (κ3) is 2.41. The number of hydrogen-bond acceptors (Lipinski definition) is 2. The number of amides is 1. The molecule has 0 spiro atoms. The van der Waals surface area contributed by atoms with Crippen LogP contribution in [0, 0.1) is 6.92 Å². The lowest BCUT2D eigenvalue weighted by Crippen LogP contribution is -2.32. The number of rotatable bonds is 4. The third-order valence-electron chi connectivity index (χ3n) is 4.16. The van der Waals surface area contributed by atoms with Crippen LogP contribution >= 0.6 is 0 Å². The highest BCUT2D eigenvalue weighted by atomic mass is 16.3. The monoisotopic (exact) mass is 294 g/mol. The smallest absolute Gasteiger partial charge is 0.270 e. The number of H-pyrrole nitrogens is 1. The summed E-state index contributed by atoms with van der Waals surface area (Å²) >= 11 is 0. The third-order valence-corrected chi connectivity index (χ3v) is 4.16. The van der Waals surface area contributed by atoms with Gasteiger partial charge < -0.3 is 14.3 Å². The van der Waals surface area contributed by atoms with Crippen LogP contribution in [-0.2, 0) is 6.54 Å². The Kier molecular flexibility index (Phi) is 3.03. The molecule has 2 aromatic heterocycles. The minimum atomic E-state index is 0.0488. The van der Waals surface area contributed by atoms with Crippen LogP contribution in [0.5, 0.6) is 0 Å². The molecule has 22 heavy (non-hydrogen) atoms. The number of aryl methyl sites for hydroxylation is 1. The number of hydrogen-bond donors (Lipinski definition) is 1. The molecule has 3 aromatic rings. The second kappa shape index (κ2) is 5.05. The summed E-state index contributed by atoms with van der Waals surface area (Å²) < 4.78 is 5.40. The Labute approximate surface area is 128 Å². The first-order valence-electron chi connectivity index (χ1n) is 7.63. The molecular formula is C18H18N2O2. The first-order chi connectivity index (χ1) is 10.7. The van der Waals surface area contributed by atoms with Crippen molar-refractivity contribution < 1.29 is 9.21 Å². The van der Waals surface area contributed by atoms with E-state index < -0.39 is 0 Å². The van der Waals surface area contributed by atoms with Crippen LogP contribution in [0.2, 0.25) is 0 Å². The summed E-state index contributed by atoms with van der Waals surface area (Å²) in [4.78, 5) is 18.0. The number of fused-ring (bicyclic) bond motifs is 1. The molecule has 1 fully saturated rings. The Hall–Kier alpha value is -2.49. The fourth-order valence-corrected chi connectivity index (χ4v) is 2.83. The van der Waals surface area contributed by atoms with Gasteiger partial charge in [0.25, 0.3) is 5.91 Å². The molecule has 4 rings (SSSR count). The van der Waals surface area contributed by atoms with Crippen LogP contribution in [-0.4, -0.2) is 21.8 Å². The molecule has 1 saturated carbocycles. The standard InChI is InChI=1S/C18H18N2O2/c1-12-4-5-13-10-17(19-16(13)9-12)18(21)20(14-6-7-14)11-15-3-2-8-22-15/h2-5,8-10,14,19H,6-7,11H2,1H3. The number of aromatic nitrogens is 1. The van der Waals surface area contributed by atoms with Gasteiger partial charge in [-0.15, -0.1) is 0 Å². The summed E-state index contributed by atoms with van der Waals surface area (Å²) in [6.07, 6.45) is 3.80. The van der Waals surface area contributed by atoms with Crippen LogP contribution < -0.4 is 0 Å². The Bertz CT molecular complexity index is 813. The molecular weight excluding hydrogens is 276 g/mol. The summed E-state index contributed by atoms with van der Waals surface area (Å²) in [5.74, 6) is 0.875. The molecule has 4 heteroatoms. The molecule has 112 valence electrons. The summed E-state index contributed by atoms with van der Waals surface area (Å²) in [5.41, 5.74) is 2.85. The van der Waals surface area contributed by atoms with E-state index in [2.05, 4.69) is 24.0 Å². The van der Waals surface area contributed by atoms with Gasteiger partial charge in [-0.05, 0) is 49.6 Å². The number of benzene rings is 1. The minimum absolute atomic E-state index is 0.0488. The second-order valence-electron chi connectivity index (χ2n) is 6.02. The molecule has 1 amide bonds. The maximum atomic E-state index is 12.9. The van der Waals surface area contributed by atoms with Gasteiger partial charge in [-0.3, -0.25) is 4.79 Å². The zero-order valence-electron chi connectivity index (χ0n) is 12.5. The highest BCUT2D eigenvalue weighted by Crippen LogP contribution is 2.30. The summed E-state index contributed by atoms with van der Waals surface area (Å²) in [6.45, 7) is 2.58. The van der Waals surface area contributed by atoms with Crippen LogP contribution in [0.15, 0.2) is 47.1 Å². The zero-order valence-corrected chi connectivity index (χ0v) is 12.5. The topological polar surface area (TPSA) is 49.2 Å². The van der Waals surface area contributed by atoms with E-state index in [1.807, 2.05) is 29.2 Å². The van der Waals surface area contributed by atoms with Gasteiger partial charge in [0, 0.05) is 16.9 Å². The number of aromatic amines is 1. The lowest BCUT2D eigenvalue weighted by Gasteiger charge is -2.20. The van der Waals surface area contributed by atoms with Gasteiger partial charge in [0.1, 0.15) is 11.5 Å². The van der Waals surface area contributed by atoms with Crippen molar-refractivity contribution in [2.24, 2.45) is 0 Å². The first-order valence-corrected chi connectivity index (χ1v) is 7.63.